The fourth-order valence-electron chi connectivity index (χ4n) is 3.51. The van der Waals surface area contributed by atoms with Crippen LogP contribution in [0.3, 0.4) is 0 Å². The van der Waals surface area contributed by atoms with Gasteiger partial charge in [0.15, 0.2) is 5.96 Å². The molecule has 1 unspecified atom stereocenters. The summed E-state index contributed by atoms with van der Waals surface area (Å²) >= 11 is 8.06. The quantitative estimate of drug-likeness (QED) is 0.626. The Labute approximate surface area is 165 Å². The van der Waals surface area contributed by atoms with Gasteiger partial charge in [-0.2, -0.15) is 11.8 Å². The standard InChI is InChI=1S/C19H29ClN4OS/c1-19(2)14-24(7-10-25-19)17(15-3-5-16(20)6-4-15)13-22-18(21)23-8-11-26-12-9-23/h3-6,17H,7-14H2,1-2H3,(H2,21,22). The average Bonchev–Trinajstić information content (AvgIpc) is 2.63. The van der Waals surface area contributed by atoms with Gasteiger partial charge in [0.2, 0.25) is 0 Å². The Morgan fingerprint density at radius 1 is 1.27 bits per heavy atom. The highest BCUT2D eigenvalue weighted by Gasteiger charge is 2.32. The summed E-state index contributed by atoms with van der Waals surface area (Å²) in [7, 11) is 0. The summed E-state index contributed by atoms with van der Waals surface area (Å²) in [5, 5.41) is 0.753. The molecule has 0 radical (unpaired) electrons. The fourth-order valence-corrected chi connectivity index (χ4v) is 4.54. The van der Waals surface area contributed by atoms with E-state index in [-0.39, 0.29) is 11.6 Å². The first kappa shape index (κ1) is 19.8. The number of hydrogen-bond acceptors (Lipinski definition) is 4. The van der Waals surface area contributed by atoms with Crippen molar-refractivity contribution in [2.45, 2.75) is 25.5 Å². The molecule has 2 aliphatic heterocycles. The first-order chi connectivity index (χ1) is 12.4. The van der Waals surface area contributed by atoms with Crippen LogP contribution in [0.15, 0.2) is 29.3 Å². The molecule has 1 aromatic carbocycles. The summed E-state index contributed by atoms with van der Waals surface area (Å²) in [5.41, 5.74) is 7.35. The van der Waals surface area contributed by atoms with Crippen LogP contribution < -0.4 is 5.73 Å². The van der Waals surface area contributed by atoms with Crippen LogP contribution >= 0.6 is 23.4 Å². The van der Waals surface area contributed by atoms with E-state index in [1.165, 1.54) is 5.56 Å². The summed E-state index contributed by atoms with van der Waals surface area (Å²) < 4.78 is 5.89. The Morgan fingerprint density at radius 2 is 1.96 bits per heavy atom. The molecule has 144 valence electrons. The van der Waals surface area contributed by atoms with Crippen LogP contribution in [0, 0.1) is 0 Å². The van der Waals surface area contributed by atoms with Crippen LogP contribution in [0.25, 0.3) is 0 Å². The molecule has 0 amide bonds. The summed E-state index contributed by atoms with van der Waals surface area (Å²) in [6, 6.07) is 8.26. The molecule has 2 fully saturated rings. The zero-order valence-corrected chi connectivity index (χ0v) is 17.2. The Bertz CT molecular complexity index is 616. The van der Waals surface area contributed by atoms with E-state index >= 15 is 0 Å². The molecule has 0 bridgehead atoms. The molecule has 0 aromatic heterocycles. The van der Waals surface area contributed by atoms with Crippen LogP contribution in [0.1, 0.15) is 25.5 Å². The Morgan fingerprint density at radius 3 is 2.62 bits per heavy atom. The van der Waals surface area contributed by atoms with Gasteiger partial charge in [0, 0.05) is 42.7 Å². The molecule has 2 saturated heterocycles. The SMILES string of the molecule is CC1(C)CN(C(CN=C(N)N2CCSCC2)c2ccc(Cl)cc2)CCO1. The molecular formula is C19H29ClN4OS. The third-order valence-corrected chi connectivity index (χ3v) is 6.11. The van der Waals surface area contributed by atoms with Crippen molar-refractivity contribution in [3.05, 3.63) is 34.9 Å². The third kappa shape index (κ3) is 5.28. The number of benzene rings is 1. The fraction of sp³-hybridized carbons (Fsp3) is 0.632. The van der Waals surface area contributed by atoms with E-state index in [2.05, 4.69) is 35.8 Å². The van der Waals surface area contributed by atoms with Crippen molar-refractivity contribution < 1.29 is 4.74 Å². The summed E-state index contributed by atoms with van der Waals surface area (Å²) in [6.45, 7) is 9.39. The van der Waals surface area contributed by atoms with E-state index in [0.717, 1.165) is 49.3 Å². The average molecular weight is 397 g/mol. The van der Waals surface area contributed by atoms with Crippen LogP contribution in [0.2, 0.25) is 5.02 Å². The minimum absolute atomic E-state index is 0.151. The lowest BCUT2D eigenvalue weighted by Crippen LogP contribution is -2.50. The Kier molecular flexibility index (Phi) is 6.72. The van der Waals surface area contributed by atoms with E-state index in [9.17, 15) is 0 Å². The van der Waals surface area contributed by atoms with Gasteiger partial charge in [-0.3, -0.25) is 9.89 Å². The molecule has 3 rings (SSSR count). The first-order valence-electron chi connectivity index (χ1n) is 9.21. The smallest absolute Gasteiger partial charge is 0.191 e. The van der Waals surface area contributed by atoms with Gasteiger partial charge in [0.05, 0.1) is 24.8 Å². The molecule has 26 heavy (non-hydrogen) atoms. The van der Waals surface area contributed by atoms with Crippen molar-refractivity contribution in [3.8, 4) is 0 Å². The minimum atomic E-state index is -0.151. The van der Waals surface area contributed by atoms with Gasteiger partial charge in [0.1, 0.15) is 0 Å². The predicted molar refractivity (Wildman–Crippen MR) is 111 cm³/mol. The van der Waals surface area contributed by atoms with Gasteiger partial charge >= 0.3 is 0 Å². The maximum atomic E-state index is 6.28. The summed E-state index contributed by atoms with van der Waals surface area (Å²) in [6.07, 6.45) is 0. The molecular weight excluding hydrogens is 368 g/mol. The molecule has 0 spiro atoms. The second-order valence-corrected chi connectivity index (χ2v) is 9.11. The number of ether oxygens (including phenoxy) is 1. The molecule has 2 heterocycles. The van der Waals surface area contributed by atoms with Crippen LogP contribution in [-0.2, 0) is 4.74 Å². The van der Waals surface area contributed by atoms with Crippen LogP contribution in [-0.4, -0.2) is 72.2 Å². The van der Waals surface area contributed by atoms with E-state index < -0.39 is 0 Å². The van der Waals surface area contributed by atoms with Crippen molar-refractivity contribution in [3.63, 3.8) is 0 Å². The Hall–Kier alpha value is -0.950. The first-order valence-corrected chi connectivity index (χ1v) is 10.7. The monoisotopic (exact) mass is 396 g/mol. The number of aliphatic imine (C=N–C) groups is 1. The van der Waals surface area contributed by atoms with Gasteiger partial charge in [-0.25, -0.2) is 0 Å². The van der Waals surface area contributed by atoms with Crippen molar-refractivity contribution >= 4 is 29.3 Å². The second-order valence-electron chi connectivity index (χ2n) is 7.44. The molecule has 0 saturated carbocycles. The van der Waals surface area contributed by atoms with Gasteiger partial charge in [-0.1, -0.05) is 23.7 Å². The van der Waals surface area contributed by atoms with Crippen molar-refractivity contribution in [2.75, 3.05) is 50.8 Å². The number of nitrogens with zero attached hydrogens (tertiary/aromatic N) is 3. The lowest BCUT2D eigenvalue weighted by Gasteiger charge is -2.42. The lowest BCUT2D eigenvalue weighted by atomic mass is 10.0. The number of thioether (sulfide) groups is 1. The molecule has 5 nitrogen and oxygen atoms in total. The van der Waals surface area contributed by atoms with Gasteiger partial charge in [-0.05, 0) is 31.5 Å². The molecule has 2 N–H and O–H groups in total. The summed E-state index contributed by atoms with van der Waals surface area (Å²) in [4.78, 5) is 9.41. The highest BCUT2D eigenvalue weighted by atomic mass is 35.5. The van der Waals surface area contributed by atoms with Gasteiger partial charge < -0.3 is 15.4 Å². The van der Waals surface area contributed by atoms with Crippen LogP contribution in [0.4, 0.5) is 0 Å². The molecule has 7 heteroatoms. The maximum Gasteiger partial charge on any atom is 0.191 e. The number of hydrogen-bond donors (Lipinski definition) is 1. The molecule has 1 aromatic rings. The number of morpholine rings is 1. The van der Waals surface area contributed by atoms with E-state index in [1.54, 1.807) is 0 Å². The molecule has 1 atom stereocenters. The topological polar surface area (TPSA) is 54.1 Å². The normalized spacial score (nSPS) is 23.0. The van der Waals surface area contributed by atoms with Crippen molar-refractivity contribution in [2.24, 2.45) is 10.7 Å². The number of halogens is 1. The Balaban J connectivity index is 1.77. The van der Waals surface area contributed by atoms with Crippen LogP contribution in [0.5, 0.6) is 0 Å². The third-order valence-electron chi connectivity index (χ3n) is 4.91. The predicted octanol–water partition coefficient (Wildman–Crippen LogP) is 2.86. The largest absolute Gasteiger partial charge is 0.373 e. The van der Waals surface area contributed by atoms with Crippen molar-refractivity contribution in [1.29, 1.82) is 0 Å². The highest BCUT2D eigenvalue weighted by molar-refractivity contribution is 7.99. The molecule has 0 aliphatic carbocycles. The van der Waals surface area contributed by atoms with E-state index in [0.29, 0.717) is 12.5 Å². The van der Waals surface area contributed by atoms with E-state index in [1.807, 2.05) is 23.9 Å². The maximum absolute atomic E-state index is 6.28. The van der Waals surface area contributed by atoms with E-state index in [4.69, 9.17) is 27.1 Å². The highest BCUT2D eigenvalue weighted by Crippen LogP contribution is 2.28. The lowest BCUT2D eigenvalue weighted by molar-refractivity contribution is -0.0967. The van der Waals surface area contributed by atoms with Crippen molar-refractivity contribution in [1.82, 2.24) is 9.80 Å². The second kappa shape index (κ2) is 8.83. The van der Waals surface area contributed by atoms with Gasteiger partial charge in [-0.15, -0.1) is 0 Å². The number of nitrogens with two attached hydrogens (primary N) is 1. The summed E-state index contributed by atoms with van der Waals surface area (Å²) in [5.74, 6) is 2.90. The zero-order chi connectivity index (χ0) is 18.6. The minimum Gasteiger partial charge on any atom is -0.373 e. The van der Waals surface area contributed by atoms with Gasteiger partial charge in [0.25, 0.3) is 0 Å². The zero-order valence-electron chi connectivity index (χ0n) is 15.7. The number of guanidine groups is 1. The number of rotatable bonds is 4. The molecule has 2 aliphatic rings.